The molecule has 8 nitrogen and oxygen atoms in total. The molecule has 8 heteroatoms. The van der Waals surface area contributed by atoms with Gasteiger partial charge in [0, 0.05) is 26.2 Å². The van der Waals surface area contributed by atoms with E-state index in [1.807, 2.05) is 35.2 Å². The fourth-order valence-electron chi connectivity index (χ4n) is 3.77. The number of rotatable bonds is 5. The minimum absolute atomic E-state index is 0.126. The first-order valence-electron chi connectivity index (χ1n) is 10.6. The molecular formula is C24H25N3O5. The number of para-hydroxylation sites is 1. The molecule has 0 aliphatic carbocycles. The van der Waals surface area contributed by atoms with Gasteiger partial charge in [0.05, 0.1) is 24.1 Å². The Hall–Kier alpha value is -3.65. The van der Waals surface area contributed by atoms with Crippen LogP contribution in [0.3, 0.4) is 0 Å². The third kappa shape index (κ3) is 4.65. The number of carbonyl (C=O) groups excluding carboxylic acids is 2. The predicted octanol–water partition coefficient (Wildman–Crippen LogP) is 3.17. The maximum absolute atomic E-state index is 13.2. The second-order valence-electron chi connectivity index (χ2n) is 7.51. The zero-order valence-corrected chi connectivity index (χ0v) is 17.9. The van der Waals surface area contributed by atoms with Crippen LogP contribution in [0.15, 0.2) is 63.8 Å². The Morgan fingerprint density at radius 1 is 1.00 bits per heavy atom. The van der Waals surface area contributed by atoms with Crippen molar-refractivity contribution >= 4 is 28.9 Å². The molecular weight excluding hydrogens is 410 g/mol. The number of piperazine rings is 1. The highest BCUT2D eigenvalue weighted by Crippen LogP contribution is 2.28. The lowest BCUT2D eigenvalue weighted by molar-refractivity contribution is -0.117. The molecule has 2 amide bonds. The summed E-state index contributed by atoms with van der Waals surface area (Å²) in [6.45, 7) is 4.33. The van der Waals surface area contributed by atoms with Crippen LogP contribution in [0.4, 0.5) is 10.7 Å². The zero-order chi connectivity index (χ0) is 22.5. The summed E-state index contributed by atoms with van der Waals surface area (Å²) in [7, 11) is 0. The number of fused-ring (bicyclic) bond motifs is 1. The Morgan fingerprint density at radius 3 is 2.41 bits per heavy atom. The first-order chi connectivity index (χ1) is 15.6. The number of nitrogens with one attached hydrogen (secondary N) is 1. The molecule has 0 atom stereocenters. The summed E-state index contributed by atoms with van der Waals surface area (Å²) in [5.41, 5.74) is 1.21. The summed E-state index contributed by atoms with van der Waals surface area (Å²) in [5.74, 6) is -0.153. The minimum Gasteiger partial charge on any atom is -0.450 e. The Morgan fingerprint density at radius 2 is 1.69 bits per heavy atom. The van der Waals surface area contributed by atoms with E-state index >= 15 is 0 Å². The second kappa shape index (κ2) is 9.65. The van der Waals surface area contributed by atoms with E-state index in [1.165, 1.54) is 0 Å². The van der Waals surface area contributed by atoms with Crippen molar-refractivity contribution in [2.45, 2.75) is 6.92 Å². The van der Waals surface area contributed by atoms with E-state index in [2.05, 4.69) is 5.32 Å². The molecule has 1 aliphatic heterocycles. The number of hydrogen-bond acceptors (Lipinski definition) is 6. The Labute approximate surface area is 185 Å². The van der Waals surface area contributed by atoms with Gasteiger partial charge < -0.3 is 14.1 Å². The van der Waals surface area contributed by atoms with Gasteiger partial charge in [-0.3, -0.25) is 19.8 Å². The van der Waals surface area contributed by atoms with Crippen LogP contribution >= 0.6 is 0 Å². The lowest BCUT2D eigenvalue weighted by Crippen LogP contribution is -2.50. The standard InChI is InChI=1S/C24H25N3O5/c1-2-31-24(30)27-14-12-26(13-15-27)16-20(28)25-23-21(17-8-4-3-5-9-17)22(29)18-10-6-7-11-19(18)32-23/h3-11H,2,12-16H2,1H3,(H,25,28). The van der Waals surface area contributed by atoms with Gasteiger partial charge in [-0.15, -0.1) is 0 Å². The topological polar surface area (TPSA) is 92.1 Å². The molecule has 0 radical (unpaired) electrons. The summed E-state index contributed by atoms with van der Waals surface area (Å²) in [6, 6.07) is 16.1. The van der Waals surface area contributed by atoms with Crippen LogP contribution in [-0.2, 0) is 9.53 Å². The van der Waals surface area contributed by atoms with Crippen molar-refractivity contribution in [2.75, 3.05) is 44.6 Å². The van der Waals surface area contributed by atoms with Gasteiger partial charge in [0.1, 0.15) is 5.58 Å². The molecule has 0 saturated carbocycles. The molecule has 3 aromatic rings. The SMILES string of the molecule is CCOC(=O)N1CCN(CC(=O)Nc2oc3ccccc3c(=O)c2-c2ccccc2)CC1. The first-order valence-corrected chi connectivity index (χ1v) is 10.6. The maximum Gasteiger partial charge on any atom is 0.409 e. The molecule has 0 spiro atoms. The Balaban J connectivity index is 1.52. The van der Waals surface area contributed by atoms with E-state index in [0.717, 1.165) is 0 Å². The van der Waals surface area contributed by atoms with Crippen molar-refractivity contribution in [1.29, 1.82) is 0 Å². The Kier molecular flexibility index (Phi) is 6.51. The van der Waals surface area contributed by atoms with Gasteiger partial charge in [-0.25, -0.2) is 4.79 Å². The molecule has 166 valence electrons. The maximum atomic E-state index is 13.2. The van der Waals surface area contributed by atoms with E-state index < -0.39 is 0 Å². The van der Waals surface area contributed by atoms with Gasteiger partial charge in [-0.05, 0) is 24.6 Å². The second-order valence-corrected chi connectivity index (χ2v) is 7.51. The van der Waals surface area contributed by atoms with E-state index in [9.17, 15) is 14.4 Å². The predicted molar refractivity (Wildman–Crippen MR) is 122 cm³/mol. The fraction of sp³-hybridized carbons (Fsp3) is 0.292. The van der Waals surface area contributed by atoms with Crippen molar-refractivity contribution in [1.82, 2.24) is 9.80 Å². The number of amides is 2. The van der Waals surface area contributed by atoms with E-state index in [4.69, 9.17) is 9.15 Å². The number of nitrogens with zero attached hydrogens (tertiary/aromatic N) is 2. The molecule has 2 heterocycles. The summed E-state index contributed by atoms with van der Waals surface area (Å²) in [4.78, 5) is 41.4. The van der Waals surface area contributed by atoms with Crippen LogP contribution in [0.5, 0.6) is 0 Å². The molecule has 1 fully saturated rings. The van der Waals surface area contributed by atoms with Gasteiger partial charge in [0.25, 0.3) is 0 Å². The van der Waals surface area contributed by atoms with Crippen molar-refractivity contribution in [2.24, 2.45) is 0 Å². The first kappa shape index (κ1) is 21.6. The smallest absolute Gasteiger partial charge is 0.409 e. The van der Waals surface area contributed by atoms with Gasteiger partial charge in [-0.1, -0.05) is 42.5 Å². The van der Waals surface area contributed by atoms with Gasteiger partial charge in [0.15, 0.2) is 0 Å². The third-order valence-corrected chi connectivity index (χ3v) is 5.38. The summed E-state index contributed by atoms with van der Waals surface area (Å²) in [5, 5.41) is 3.25. The highest BCUT2D eigenvalue weighted by Gasteiger charge is 2.24. The van der Waals surface area contributed by atoms with Crippen molar-refractivity contribution in [3.05, 3.63) is 64.8 Å². The molecule has 1 aromatic heterocycles. The largest absolute Gasteiger partial charge is 0.450 e. The van der Waals surface area contributed by atoms with Crippen LogP contribution in [-0.4, -0.2) is 61.1 Å². The molecule has 1 saturated heterocycles. The highest BCUT2D eigenvalue weighted by molar-refractivity contribution is 5.97. The van der Waals surface area contributed by atoms with E-state index in [1.54, 1.807) is 36.1 Å². The molecule has 1 aliphatic rings. The number of hydrogen-bond donors (Lipinski definition) is 1. The van der Waals surface area contributed by atoms with Crippen molar-refractivity contribution in [3.63, 3.8) is 0 Å². The fourth-order valence-corrected chi connectivity index (χ4v) is 3.77. The lowest BCUT2D eigenvalue weighted by atomic mass is 10.0. The number of ether oxygens (including phenoxy) is 1. The van der Waals surface area contributed by atoms with Crippen LogP contribution in [0.25, 0.3) is 22.1 Å². The van der Waals surface area contributed by atoms with Crippen molar-refractivity contribution < 1.29 is 18.7 Å². The molecule has 32 heavy (non-hydrogen) atoms. The number of carbonyl (C=O) groups is 2. The van der Waals surface area contributed by atoms with Crippen LogP contribution in [0.1, 0.15) is 6.92 Å². The number of benzene rings is 2. The molecule has 4 rings (SSSR count). The molecule has 2 aromatic carbocycles. The van der Waals surface area contributed by atoms with Crippen LogP contribution in [0, 0.1) is 0 Å². The third-order valence-electron chi connectivity index (χ3n) is 5.38. The van der Waals surface area contributed by atoms with Gasteiger partial charge in [-0.2, -0.15) is 0 Å². The minimum atomic E-state index is -0.331. The van der Waals surface area contributed by atoms with Crippen molar-refractivity contribution in [3.8, 4) is 11.1 Å². The average molecular weight is 435 g/mol. The highest BCUT2D eigenvalue weighted by atomic mass is 16.6. The van der Waals surface area contributed by atoms with E-state index in [0.29, 0.717) is 54.9 Å². The Bertz CT molecular complexity index is 1170. The zero-order valence-electron chi connectivity index (χ0n) is 17.9. The molecule has 0 bridgehead atoms. The average Bonchev–Trinajstić information content (AvgIpc) is 2.80. The number of anilines is 1. The summed E-state index contributed by atoms with van der Waals surface area (Å²) >= 11 is 0. The van der Waals surface area contributed by atoms with Gasteiger partial charge >= 0.3 is 6.09 Å². The normalized spacial score (nSPS) is 14.3. The summed E-state index contributed by atoms with van der Waals surface area (Å²) in [6.07, 6.45) is -0.331. The lowest BCUT2D eigenvalue weighted by Gasteiger charge is -2.33. The molecule has 1 N–H and O–H groups in total. The quantitative estimate of drug-likeness (QED) is 0.662. The summed E-state index contributed by atoms with van der Waals surface area (Å²) < 4.78 is 11.0. The van der Waals surface area contributed by atoms with Crippen LogP contribution in [0.2, 0.25) is 0 Å². The van der Waals surface area contributed by atoms with E-state index in [-0.39, 0.29) is 29.9 Å². The van der Waals surface area contributed by atoms with Crippen LogP contribution < -0.4 is 10.7 Å². The monoisotopic (exact) mass is 435 g/mol. The van der Waals surface area contributed by atoms with Gasteiger partial charge in [0.2, 0.25) is 17.2 Å². The molecule has 0 unspecified atom stereocenters.